The molecule has 1 saturated heterocycles. The Morgan fingerprint density at radius 1 is 1.11 bits per heavy atom. The molecule has 3 nitrogen and oxygen atoms in total. The normalized spacial score (nSPS) is 17.4. The molecule has 3 heteroatoms. The summed E-state index contributed by atoms with van der Waals surface area (Å²) in [6.07, 6.45) is 2.45. The molecule has 1 aromatic rings. The van der Waals surface area contributed by atoms with E-state index in [9.17, 15) is 5.11 Å². The monoisotopic (exact) mass is 247 g/mol. The second-order valence-corrected chi connectivity index (χ2v) is 4.93. The largest absolute Gasteiger partial charge is 0.371 e. The maximum atomic E-state index is 11.1. The van der Waals surface area contributed by atoms with Crippen molar-refractivity contribution >= 4 is 5.69 Å². The van der Waals surface area contributed by atoms with E-state index in [-0.39, 0.29) is 5.75 Å². The summed E-state index contributed by atoms with van der Waals surface area (Å²) in [5.74, 6) is 0.0942. The van der Waals surface area contributed by atoms with Gasteiger partial charge in [0.2, 0.25) is 0 Å². The maximum absolute atomic E-state index is 11.1. The third kappa shape index (κ3) is 2.96. The van der Waals surface area contributed by atoms with Gasteiger partial charge < -0.3 is 9.80 Å². The smallest absolute Gasteiger partial charge is 0.178 e. The highest BCUT2D eigenvalue weighted by Gasteiger charge is 2.22. The molecule has 0 saturated carbocycles. The van der Waals surface area contributed by atoms with E-state index < -0.39 is 0 Å². The lowest BCUT2D eigenvalue weighted by atomic mass is 10.0. The van der Waals surface area contributed by atoms with E-state index in [0.29, 0.717) is 0 Å². The van der Waals surface area contributed by atoms with Crippen molar-refractivity contribution in [1.29, 1.82) is 0 Å². The fraction of sp³-hybridized carbons (Fsp3) is 0.600. The standard InChI is InChI=1S/C15H23N2O/c1-3-16(4-2)14-9-11-17(12-10-14)13-5-7-15(18)8-6-13/h5-8,14H,3-4,9-12H2,1-2H3. The number of piperidine rings is 1. The second-order valence-electron chi connectivity index (χ2n) is 4.93. The molecule has 0 unspecified atom stereocenters. The predicted molar refractivity (Wildman–Crippen MR) is 74.7 cm³/mol. The van der Waals surface area contributed by atoms with Crippen LogP contribution in [0.5, 0.6) is 5.75 Å². The van der Waals surface area contributed by atoms with Gasteiger partial charge >= 0.3 is 0 Å². The highest BCUT2D eigenvalue weighted by Crippen LogP contribution is 2.24. The van der Waals surface area contributed by atoms with Gasteiger partial charge in [0.15, 0.2) is 5.75 Å². The zero-order valence-electron chi connectivity index (χ0n) is 11.4. The molecular formula is C15H23N2O. The molecule has 18 heavy (non-hydrogen) atoms. The Bertz CT molecular complexity index is 351. The third-order valence-electron chi connectivity index (χ3n) is 4.00. The molecule has 0 bridgehead atoms. The first-order valence-corrected chi connectivity index (χ1v) is 7.00. The molecule has 1 radical (unpaired) electrons. The number of benzene rings is 1. The Balaban J connectivity index is 1.92. The van der Waals surface area contributed by atoms with Crippen LogP contribution in [0.25, 0.3) is 0 Å². The lowest BCUT2D eigenvalue weighted by molar-refractivity contribution is 0.186. The van der Waals surface area contributed by atoms with Crippen LogP contribution < -0.4 is 4.90 Å². The van der Waals surface area contributed by atoms with Crippen molar-refractivity contribution in [2.45, 2.75) is 32.7 Å². The van der Waals surface area contributed by atoms with Crippen molar-refractivity contribution in [3.63, 3.8) is 0 Å². The average Bonchev–Trinajstić information content (AvgIpc) is 2.42. The molecule has 1 aliphatic rings. The Labute approximate surface area is 110 Å². The minimum atomic E-state index is 0.0942. The van der Waals surface area contributed by atoms with Crippen LogP contribution in [-0.2, 0) is 5.11 Å². The number of hydrogen-bond acceptors (Lipinski definition) is 2. The molecule has 0 spiro atoms. The fourth-order valence-corrected chi connectivity index (χ4v) is 2.89. The summed E-state index contributed by atoms with van der Waals surface area (Å²) in [6, 6.07) is 7.94. The number of anilines is 1. The molecule has 1 aromatic carbocycles. The first-order chi connectivity index (χ1) is 8.74. The first kappa shape index (κ1) is 13.2. The Morgan fingerprint density at radius 2 is 1.67 bits per heavy atom. The van der Waals surface area contributed by atoms with Gasteiger partial charge in [-0.25, -0.2) is 0 Å². The van der Waals surface area contributed by atoms with E-state index >= 15 is 0 Å². The lowest BCUT2D eigenvalue weighted by Gasteiger charge is -2.38. The van der Waals surface area contributed by atoms with E-state index in [1.165, 1.54) is 18.5 Å². The number of nitrogens with zero attached hydrogens (tertiary/aromatic N) is 2. The van der Waals surface area contributed by atoms with Crippen LogP contribution >= 0.6 is 0 Å². The van der Waals surface area contributed by atoms with E-state index in [0.717, 1.165) is 32.2 Å². The lowest BCUT2D eigenvalue weighted by Crippen LogP contribution is -2.44. The van der Waals surface area contributed by atoms with Crippen molar-refractivity contribution in [2.24, 2.45) is 0 Å². The van der Waals surface area contributed by atoms with Gasteiger partial charge in [-0.3, -0.25) is 5.11 Å². The van der Waals surface area contributed by atoms with Crippen LogP contribution in [0, 0.1) is 0 Å². The second kappa shape index (κ2) is 6.10. The van der Waals surface area contributed by atoms with Crippen LogP contribution in [-0.4, -0.2) is 37.1 Å². The predicted octanol–water partition coefficient (Wildman–Crippen LogP) is 3.14. The van der Waals surface area contributed by atoms with Crippen molar-refractivity contribution in [3.05, 3.63) is 24.3 Å². The molecular weight excluding hydrogens is 224 g/mol. The van der Waals surface area contributed by atoms with Crippen LogP contribution in [0.2, 0.25) is 0 Å². The fourth-order valence-electron chi connectivity index (χ4n) is 2.89. The summed E-state index contributed by atoms with van der Waals surface area (Å²) in [5.41, 5.74) is 1.19. The van der Waals surface area contributed by atoms with E-state index in [4.69, 9.17) is 0 Å². The summed E-state index contributed by atoms with van der Waals surface area (Å²) < 4.78 is 0. The minimum absolute atomic E-state index is 0.0942. The van der Waals surface area contributed by atoms with E-state index in [1.54, 1.807) is 12.1 Å². The van der Waals surface area contributed by atoms with Gasteiger partial charge in [0.25, 0.3) is 0 Å². The zero-order valence-corrected chi connectivity index (χ0v) is 11.4. The Morgan fingerprint density at radius 3 is 2.17 bits per heavy atom. The molecule has 1 heterocycles. The summed E-state index contributed by atoms with van der Waals surface area (Å²) in [6.45, 7) is 8.96. The van der Waals surface area contributed by atoms with Crippen molar-refractivity contribution < 1.29 is 5.11 Å². The van der Waals surface area contributed by atoms with Gasteiger partial charge in [0.05, 0.1) is 0 Å². The third-order valence-corrected chi connectivity index (χ3v) is 4.00. The van der Waals surface area contributed by atoms with Crippen molar-refractivity contribution in [2.75, 3.05) is 31.1 Å². The van der Waals surface area contributed by atoms with E-state index in [2.05, 4.69) is 23.6 Å². The van der Waals surface area contributed by atoms with Crippen LogP contribution in [0.1, 0.15) is 26.7 Å². The van der Waals surface area contributed by atoms with Crippen LogP contribution in [0.4, 0.5) is 5.69 Å². The van der Waals surface area contributed by atoms with Crippen LogP contribution in [0.15, 0.2) is 24.3 Å². The summed E-state index contributed by atoms with van der Waals surface area (Å²) in [5, 5.41) is 11.1. The van der Waals surface area contributed by atoms with Gasteiger partial charge in [0, 0.05) is 24.8 Å². The summed E-state index contributed by atoms with van der Waals surface area (Å²) in [7, 11) is 0. The quantitative estimate of drug-likeness (QED) is 0.817. The van der Waals surface area contributed by atoms with Crippen molar-refractivity contribution in [3.8, 4) is 5.75 Å². The van der Waals surface area contributed by atoms with Gasteiger partial charge in [0.1, 0.15) is 0 Å². The summed E-state index contributed by atoms with van der Waals surface area (Å²) >= 11 is 0. The van der Waals surface area contributed by atoms with Gasteiger partial charge in [-0.05, 0) is 50.2 Å². The highest BCUT2D eigenvalue weighted by molar-refractivity contribution is 5.49. The Kier molecular flexibility index (Phi) is 4.48. The van der Waals surface area contributed by atoms with Crippen molar-refractivity contribution in [1.82, 2.24) is 4.90 Å². The molecule has 2 rings (SSSR count). The molecule has 0 N–H and O–H groups in total. The SMILES string of the molecule is CCN(CC)C1CCN(c2ccc([O])cc2)CC1. The average molecular weight is 247 g/mol. The molecule has 1 aliphatic heterocycles. The summed E-state index contributed by atoms with van der Waals surface area (Å²) in [4.78, 5) is 4.94. The Hall–Kier alpha value is -1.22. The minimum Gasteiger partial charge on any atom is -0.371 e. The van der Waals surface area contributed by atoms with Gasteiger partial charge in [-0.15, -0.1) is 0 Å². The van der Waals surface area contributed by atoms with Gasteiger partial charge in [-0.2, -0.15) is 0 Å². The molecule has 99 valence electrons. The van der Waals surface area contributed by atoms with Crippen LogP contribution in [0.3, 0.4) is 0 Å². The number of rotatable bonds is 4. The first-order valence-electron chi connectivity index (χ1n) is 7.00. The molecule has 0 aromatic heterocycles. The zero-order chi connectivity index (χ0) is 13.0. The molecule has 0 amide bonds. The maximum Gasteiger partial charge on any atom is 0.178 e. The van der Waals surface area contributed by atoms with Gasteiger partial charge in [-0.1, -0.05) is 13.8 Å². The highest BCUT2D eigenvalue weighted by atomic mass is 16.3. The number of hydrogen-bond donors (Lipinski definition) is 0. The molecule has 0 atom stereocenters. The topological polar surface area (TPSA) is 26.4 Å². The molecule has 0 aliphatic carbocycles. The molecule has 1 fully saturated rings. The van der Waals surface area contributed by atoms with E-state index in [1.807, 2.05) is 12.1 Å².